The van der Waals surface area contributed by atoms with Crippen molar-refractivity contribution < 1.29 is 9.53 Å². The van der Waals surface area contributed by atoms with Gasteiger partial charge >= 0.3 is 0 Å². The molecule has 0 aliphatic rings. The summed E-state index contributed by atoms with van der Waals surface area (Å²) in [6, 6.07) is 7.59. The molecule has 14 heavy (non-hydrogen) atoms. The Kier molecular flexibility index (Phi) is 3.46. The molecule has 1 aromatic rings. The van der Waals surface area contributed by atoms with E-state index in [-0.39, 0.29) is 5.78 Å². The average molecular weight is 190 g/mol. The predicted molar refractivity (Wildman–Crippen MR) is 57.3 cm³/mol. The molecular formula is C12H14O2. The van der Waals surface area contributed by atoms with E-state index >= 15 is 0 Å². The molecule has 1 rings (SSSR count). The Labute approximate surface area is 84.2 Å². The molecule has 0 aromatic heterocycles. The van der Waals surface area contributed by atoms with Crippen LogP contribution in [0.3, 0.4) is 0 Å². The van der Waals surface area contributed by atoms with E-state index in [1.165, 1.54) is 0 Å². The lowest BCUT2D eigenvalue weighted by molar-refractivity contribution is -0.113. The highest BCUT2D eigenvalue weighted by Crippen LogP contribution is 2.13. The van der Waals surface area contributed by atoms with Crippen LogP contribution in [0.15, 0.2) is 29.8 Å². The van der Waals surface area contributed by atoms with Gasteiger partial charge in [-0.3, -0.25) is 4.79 Å². The molecule has 0 heterocycles. The number of carbonyl (C=O) groups is 1. The SMILES string of the molecule is COc1ccc(C=C(C)C(C)=O)cc1. The number of ether oxygens (including phenoxy) is 1. The van der Waals surface area contributed by atoms with Gasteiger partial charge in [0.2, 0.25) is 0 Å². The van der Waals surface area contributed by atoms with E-state index in [0.717, 1.165) is 16.9 Å². The van der Waals surface area contributed by atoms with Crippen molar-refractivity contribution >= 4 is 11.9 Å². The highest BCUT2D eigenvalue weighted by atomic mass is 16.5. The van der Waals surface area contributed by atoms with Crippen LogP contribution in [0.1, 0.15) is 19.4 Å². The first-order valence-electron chi connectivity index (χ1n) is 4.47. The van der Waals surface area contributed by atoms with Crippen LogP contribution in [-0.2, 0) is 4.79 Å². The largest absolute Gasteiger partial charge is 0.497 e. The lowest BCUT2D eigenvalue weighted by atomic mass is 10.1. The number of allylic oxidation sites excluding steroid dienone is 1. The number of benzene rings is 1. The van der Waals surface area contributed by atoms with Crippen molar-refractivity contribution in [3.8, 4) is 5.75 Å². The summed E-state index contributed by atoms with van der Waals surface area (Å²) in [7, 11) is 1.63. The third-order valence-electron chi connectivity index (χ3n) is 2.05. The minimum Gasteiger partial charge on any atom is -0.497 e. The van der Waals surface area contributed by atoms with Gasteiger partial charge in [-0.05, 0) is 43.2 Å². The van der Waals surface area contributed by atoms with Gasteiger partial charge in [0.05, 0.1) is 7.11 Å². The highest BCUT2D eigenvalue weighted by molar-refractivity contribution is 5.97. The molecule has 0 fully saturated rings. The fourth-order valence-electron chi connectivity index (χ4n) is 1.05. The first kappa shape index (κ1) is 10.5. The Morgan fingerprint density at radius 1 is 1.21 bits per heavy atom. The van der Waals surface area contributed by atoms with E-state index in [4.69, 9.17) is 4.74 Å². The molecule has 0 spiro atoms. The topological polar surface area (TPSA) is 26.3 Å². The number of rotatable bonds is 3. The average Bonchev–Trinajstić information content (AvgIpc) is 2.19. The van der Waals surface area contributed by atoms with Crippen molar-refractivity contribution in [2.24, 2.45) is 0 Å². The van der Waals surface area contributed by atoms with Crippen molar-refractivity contribution in [1.29, 1.82) is 0 Å². The Morgan fingerprint density at radius 2 is 1.79 bits per heavy atom. The summed E-state index contributed by atoms with van der Waals surface area (Å²) < 4.78 is 5.03. The number of carbonyl (C=O) groups excluding carboxylic acids is 1. The molecule has 0 saturated heterocycles. The number of Topliss-reactive ketones (excluding diaryl/α,β-unsaturated/α-hetero) is 1. The van der Waals surface area contributed by atoms with Crippen molar-refractivity contribution in [2.75, 3.05) is 7.11 Å². The van der Waals surface area contributed by atoms with Crippen LogP contribution in [0.5, 0.6) is 5.75 Å². The van der Waals surface area contributed by atoms with Crippen molar-refractivity contribution in [1.82, 2.24) is 0 Å². The minimum absolute atomic E-state index is 0.0980. The van der Waals surface area contributed by atoms with E-state index in [9.17, 15) is 4.79 Å². The third kappa shape index (κ3) is 2.73. The summed E-state index contributed by atoms with van der Waals surface area (Å²) in [5.41, 5.74) is 1.77. The normalized spacial score (nSPS) is 11.2. The number of methoxy groups -OCH3 is 1. The lowest BCUT2D eigenvalue weighted by Crippen LogP contribution is -1.90. The summed E-state index contributed by atoms with van der Waals surface area (Å²) in [6.45, 7) is 3.38. The van der Waals surface area contributed by atoms with Gasteiger partial charge in [-0.1, -0.05) is 12.1 Å². The van der Waals surface area contributed by atoms with Crippen LogP contribution in [0.2, 0.25) is 0 Å². The van der Waals surface area contributed by atoms with Gasteiger partial charge in [-0.25, -0.2) is 0 Å². The third-order valence-corrected chi connectivity index (χ3v) is 2.05. The first-order valence-corrected chi connectivity index (χ1v) is 4.47. The van der Waals surface area contributed by atoms with Crippen molar-refractivity contribution in [3.05, 3.63) is 35.4 Å². The Morgan fingerprint density at radius 3 is 2.21 bits per heavy atom. The minimum atomic E-state index is 0.0980. The van der Waals surface area contributed by atoms with E-state index in [1.807, 2.05) is 37.3 Å². The lowest BCUT2D eigenvalue weighted by Gasteiger charge is -2.00. The van der Waals surface area contributed by atoms with Gasteiger partial charge in [0, 0.05) is 0 Å². The Hall–Kier alpha value is -1.57. The summed E-state index contributed by atoms with van der Waals surface area (Å²) in [5.74, 6) is 0.920. The standard InChI is InChI=1S/C12H14O2/c1-9(10(2)13)8-11-4-6-12(14-3)7-5-11/h4-8H,1-3H3. The van der Waals surface area contributed by atoms with Crippen LogP contribution in [-0.4, -0.2) is 12.9 Å². The van der Waals surface area contributed by atoms with E-state index in [1.54, 1.807) is 14.0 Å². The van der Waals surface area contributed by atoms with Crippen molar-refractivity contribution in [2.45, 2.75) is 13.8 Å². The molecular weight excluding hydrogens is 176 g/mol. The monoisotopic (exact) mass is 190 g/mol. The zero-order valence-electron chi connectivity index (χ0n) is 8.70. The summed E-state index contributed by atoms with van der Waals surface area (Å²) in [5, 5.41) is 0. The molecule has 0 N–H and O–H groups in total. The van der Waals surface area contributed by atoms with E-state index in [2.05, 4.69) is 0 Å². The van der Waals surface area contributed by atoms with E-state index < -0.39 is 0 Å². The van der Waals surface area contributed by atoms with Crippen LogP contribution >= 0.6 is 0 Å². The van der Waals surface area contributed by atoms with Gasteiger partial charge in [-0.15, -0.1) is 0 Å². The second kappa shape index (κ2) is 4.61. The molecule has 0 saturated carbocycles. The number of ketones is 1. The first-order chi connectivity index (χ1) is 6.63. The van der Waals surface area contributed by atoms with Gasteiger partial charge in [0.1, 0.15) is 5.75 Å². The molecule has 0 bridgehead atoms. The molecule has 0 aliphatic carbocycles. The predicted octanol–water partition coefficient (Wildman–Crippen LogP) is 2.69. The summed E-state index contributed by atoms with van der Waals surface area (Å²) >= 11 is 0. The second-order valence-electron chi connectivity index (χ2n) is 3.16. The molecule has 2 nitrogen and oxygen atoms in total. The van der Waals surface area contributed by atoms with Gasteiger partial charge in [0.15, 0.2) is 5.78 Å². The van der Waals surface area contributed by atoms with Gasteiger partial charge in [0.25, 0.3) is 0 Å². The maximum absolute atomic E-state index is 11.0. The number of hydrogen-bond acceptors (Lipinski definition) is 2. The molecule has 1 aromatic carbocycles. The quantitative estimate of drug-likeness (QED) is 0.685. The molecule has 0 amide bonds. The fraction of sp³-hybridized carbons (Fsp3) is 0.250. The van der Waals surface area contributed by atoms with E-state index in [0.29, 0.717) is 0 Å². The van der Waals surface area contributed by atoms with Crippen molar-refractivity contribution in [3.63, 3.8) is 0 Å². The zero-order valence-corrected chi connectivity index (χ0v) is 8.70. The molecule has 0 radical (unpaired) electrons. The van der Waals surface area contributed by atoms with Crippen LogP contribution in [0.25, 0.3) is 6.08 Å². The van der Waals surface area contributed by atoms with Crippen LogP contribution < -0.4 is 4.74 Å². The van der Waals surface area contributed by atoms with Crippen LogP contribution in [0, 0.1) is 0 Å². The summed E-state index contributed by atoms with van der Waals surface area (Å²) in [6.07, 6.45) is 1.86. The zero-order chi connectivity index (χ0) is 10.6. The fourth-order valence-corrected chi connectivity index (χ4v) is 1.05. The highest BCUT2D eigenvalue weighted by Gasteiger charge is 1.96. The number of hydrogen-bond donors (Lipinski definition) is 0. The Balaban J connectivity index is 2.88. The molecule has 0 unspecified atom stereocenters. The molecule has 0 atom stereocenters. The summed E-state index contributed by atoms with van der Waals surface area (Å²) in [4.78, 5) is 11.0. The Bertz CT molecular complexity index is 347. The maximum Gasteiger partial charge on any atom is 0.155 e. The van der Waals surface area contributed by atoms with Crippen LogP contribution in [0.4, 0.5) is 0 Å². The molecule has 2 heteroatoms. The molecule has 0 aliphatic heterocycles. The maximum atomic E-state index is 11.0. The molecule has 74 valence electrons. The van der Waals surface area contributed by atoms with Gasteiger partial charge < -0.3 is 4.74 Å². The van der Waals surface area contributed by atoms with Gasteiger partial charge in [-0.2, -0.15) is 0 Å². The second-order valence-corrected chi connectivity index (χ2v) is 3.16. The smallest absolute Gasteiger partial charge is 0.155 e.